The van der Waals surface area contributed by atoms with Crippen LogP contribution in [0.2, 0.25) is 0 Å². The molecule has 9 heteroatoms. The highest BCUT2D eigenvalue weighted by Crippen LogP contribution is 2.32. The Morgan fingerprint density at radius 2 is 2.07 bits per heavy atom. The summed E-state index contributed by atoms with van der Waals surface area (Å²) in [6, 6.07) is 5.94. The van der Waals surface area contributed by atoms with Gasteiger partial charge in [-0.15, -0.1) is 0 Å². The van der Waals surface area contributed by atoms with Crippen molar-refractivity contribution in [2.75, 3.05) is 55.1 Å². The molecule has 0 spiro atoms. The molecular formula is C19H28N8O. The van der Waals surface area contributed by atoms with Crippen molar-refractivity contribution in [2.45, 2.75) is 19.4 Å². The van der Waals surface area contributed by atoms with Crippen LogP contribution in [0.3, 0.4) is 0 Å². The molecule has 3 rings (SSSR count). The first-order valence-corrected chi connectivity index (χ1v) is 9.35. The fourth-order valence-corrected chi connectivity index (χ4v) is 3.45. The quantitative estimate of drug-likeness (QED) is 0.288. The first-order chi connectivity index (χ1) is 13.5. The highest BCUT2D eigenvalue weighted by Gasteiger charge is 2.24. The highest BCUT2D eigenvalue weighted by atomic mass is 16.5. The van der Waals surface area contributed by atoms with Gasteiger partial charge in [0.2, 0.25) is 5.95 Å². The summed E-state index contributed by atoms with van der Waals surface area (Å²) in [6.45, 7) is 4.29. The van der Waals surface area contributed by atoms with E-state index in [-0.39, 0.29) is 11.9 Å². The summed E-state index contributed by atoms with van der Waals surface area (Å²) in [5, 5.41) is 13.9. The number of hydrogen-bond donors (Lipinski definition) is 5. The van der Waals surface area contributed by atoms with Gasteiger partial charge in [0.1, 0.15) is 11.7 Å². The Hall–Kier alpha value is -3.07. The number of nitrogens with zero attached hydrogens (tertiary/aromatic N) is 3. The zero-order chi connectivity index (χ0) is 20.3. The predicted octanol–water partition coefficient (Wildman–Crippen LogP) is 1.71. The molecule has 7 N–H and O–H groups in total. The molecule has 1 unspecified atom stereocenters. The number of nitrogen functional groups attached to an aromatic ring is 2. The van der Waals surface area contributed by atoms with Crippen LogP contribution < -0.4 is 27.0 Å². The minimum absolute atomic E-state index is 0.0770. The van der Waals surface area contributed by atoms with Crippen LogP contribution in [0.5, 0.6) is 0 Å². The van der Waals surface area contributed by atoms with Gasteiger partial charge < -0.3 is 31.7 Å². The average molecular weight is 384 g/mol. The number of ether oxygens (including phenoxy) is 1. The Labute approximate surface area is 165 Å². The number of morpholine rings is 1. The number of anilines is 4. The Balaban J connectivity index is 2.10. The van der Waals surface area contributed by atoms with Crippen molar-refractivity contribution in [1.29, 1.82) is 5.41 Å². The van der Waals surface area contributed by atoms with Crippen LogP contribution in [-0.2, 0) is 4.74 Å². The molecule has 28 heavy (non-hydrogen) atoms. The molecule has 1 aromatic heterocycles. The fourth-order valence-electron chi connectivity index (χ4n) is 3.45. The smallest absolute Gasteiger partial charge is 0.224 e. The molecule has 1 aromatic carbocycles. The summed E-state index contributed by atoms with van der Waals surface area (Å²) >= 11 is 0. The first-order valence-electron chi connectivity index (χ1n) is 9.35. The maximum atomic E-state index is 7.77. The van der Waals surface area contributed by atoms with E-state index >= 15 is 0 Å². The molecule has 1 aliphatic heterocycles. The highest BCUT2D eigenvalue weighted by molar-refractivity contribution is 6.06. The maximum Gasteiger partial charge on any atom is 0.224 e. The van der Waals surface area contributed by atoms with Crippen molar-refractivity contribution < 1.29 is 4.74 Å². The van der Waals surface area contributed by atoms with Crippen molar-refractivity contribution in [3.63, 3.8) is 0 Å². The van der Waals surface area contributed by atoms with Gasteiger partial charge in [-0.2, -0.15) is 4.98 Å². The van der Waals surface area contributed by atoms with Crippen molar-refractivity contribution in [3.05, 3.63) is 23.8 Å². The van der Waals surface area contributed by atoms with Gasteiger partial charge in [-0.05, 0) is 18.6 Å². The minimum Gasteiger partial charge on any atom is -0.398 e. The number of amidine groups is 1. The molecule has 0 aliphatic carbocycles. The second kappa shape index (κ2) is 8.30. The Bertz CT molecular complexity index is 869. The number of aromatic nitrogens is 2. The van der Waals surface area contributed by atoms with E-state index in [1.807, 2.05) is 12.1 Å². The molecule has 1 atom stereocenters. The molecule has 0 amide bonds. The molecule has 1 aliphatic rings. The predicted molar refractivity (Wildman–Crippen MR) is 114 cm³/mol. The van der Waals surface area contributed by atoms with Crippen LogP contribution in [0.1, 0.15) is 18.9 Å². The number of hydrogen-bond acceptors (Lipinski definition) is 8. The molecule has 0 bridgehead atoms. The van der Waals surface area contributed by atoms with Crippen LogP contribution in [0.15, 0.2) is 18.2 Å². The molecule has 1 saturated heterocycles. The number of nitrogens with two attached hydrogens (primary N) is 2. The summed E-state index contributed by atoms with van der Waals surface area (Å²) < 4.78 is 5.62. The largest absolute Gasteiger partial charge is 0.398 e. The summed E-state index contributed by atoms with van der Waals surface area (Å²) in [5.41, 5.74) is 15.1. The summed E-state index contributed by atoms with van der Waals surface area (Å²) in [7, 11) is 3.57. The van der Waals surface area contributed by atoms with Gasteiger partial charge >= 0.3 is 0 Å². The Morgan fingerprint density at radius 1 is 1.29 bits per heavy atom. The molecule has 9 nitrogen and oxygen atoms in total. The number of rotatable bonds is 6. The van der Waals surface area contributed by atoms with Crippen LogP contribution in [-0.4, -0.2) is 55.7 Å². The summed E-state index contributed by atoms with van der Waals surface area (Å²) in [4.78, 5) is 11.5. The molecule has 150 valence electrons. The maximum absolute atomic E-state index is 7.77. The van der Waals surface area contributed by atoms with E-state index in [1.165, 1.54) is 0 Å². The van der Waals surface area contributed by atoms with Gasteiger partial charge in [-0.3, -0.25) is 5.41 Å². The molecule has 2 heterocycles. The second-order valence-corrected chi connectivity index (χ2v) is 6.67. The van der Waals surface area contributed by atoms with Crippen molar-refractivity contribution in [3.8, 4) is 11.3 Å². The lowest BCUT2D eigenvalue weighted by Gasteiger charge is -2.36. The van der Waals surface area contributed by atoms with Gasteiger partial charge in [0.05, 0.1) is 30.5 Å². The molecule has 0 radical (unpaired) electrons. The van der Waals surface area contributed by atoms with Crippen molar-refractivity contribution >= 4 is 29.0 Å². The monoisotopic (exact) mass is 384 g/mol. The second-order valence-electron chi connectivity index (χ2n) is 6.67. The van der Waals surface area contributed by atoms with Crippen LogP contribution in [0.25, 0.3) is 11.3 Å². The van der Waals surface area contributed by atoms with E-state index in [4.69, 9.17) is 21.6 Å². The lowest BCUT2D eigenvalue weighted by atomic mass is 10.0. The third-order valence-corrected chi connectivity index (χ3v) is 4.93. The molecular weight excluding hydrogens is 356 g/mol. The molecule has 2 aromatic rings. The third kappa shape index (κ3) is 3.79. The number of benzene rings is 1. The average Bonchev–Trinajstić information content (AvgIpc) is 2.72. The van der Waals surface area contributed by atoms with Crippen LogP contribution in [0, 0.1) is 5.41 Å². The van der Waals surface area contributed by atoms with Gasteiger partial charge in [-0.25, -0.2) is 4.98 Å². The van der Waals surface area contributed by atoms with E-state index in [1.54, 1.807) is 20.2 Å². The zero-order valence-electron chi connectivity index (χ0n) is 16.5. The lowest BCUT2D eigenvalue weighted by Crippen LogP contribution is -2.45. The van der Waals surface area contributed by atoms with E-state index in [0.717, 1.165) is 30.0 Å². The standard InChI is InChI=1S/C19H28N8O/c1-4-12-10-28-6-5-27(12)16-9-14(25-19(24-3)26-16)11-7-13(20)17(18(21)22)15(8-11)23-2/h7-9,12,23H,4-6,10,20H2,1-3H3,(H3,21,22)(H,24,25,26). The molecule has 0 saturated carbocycles. The normalized spacial score (nSPS) is 16.7. The zero-order valence-corrected chi connectivity index (χ0v) is 16.5. The van der Waals surface area contributed by atoms with Crippen LogP contribution >= 0.6 is 0 Å². The van der Waals surface area contributed by atoms with Gasteiger partial charge in [0.15, 0.2) is 0 Å². The topological polar surface area (TPSA) is 138 Å². The van der Waals surface area contributed by atoms with E-state index in [2.05, 4.69) is 32.4 Å². The Morgan fingerprint density at radius 3 is 2.71 bits per heavy atom. The van der Waals surface area contributed by atoms with E-state index in [9.17, 15) is 0 Å². The van der Waals surface area contributed by atoms with Gasteiger partial charge in [0.25, 0.3) is 0 Å². The lowest BCUT2D eigenvalue weighted by molar-refractivity contribution is 0.0926. The third-order valence-electron chi connectivity index (χ3n) is 4.93. The SMILES string of the molecule is CCC1COCCN1c1cc(-c2cc(N)c(C(=N)N)c(NC)c2)nc(NC)n1. The Kier molecular flexibility index (Phi) is 5.84. The molecule has 1 fully saturated rings. The fraction of sp³-hybridized carbons (Fsp3) is 0.421. The van der Waals surface area contributed by atoms with Gasteiger partial charge in [0, 0.05) is 43.6 Å². The van der Waals surface area contributed by atoms with E-state index in [0.29, 0.717) is 36.1 Å². The van der Waals surface area contributed by atoms with Crippen LogP contribution in [0.4, 0.5) is 23.1 Å². The summed E-state index contributed by atoms with van der Waals surface area (Å²) in [6.07, 6.45) is 0.971. The first kappa shape index (κ1) is 19.7. The van der Waals surface area contributed by atoms with Crippen molar-refractivity contribution in [1.82, 2.24) is 9.97 Å². The number of nitrogens with one attached hydrogen (secondary N) is 3. The summed E-state index contributed by atoms with van der Waals surface area (Å²) in [5.74, 6) is 1.31. The van der Waals surface area contributed by atoms with Gasteiger partial charge in [-0.1, -0.05) is 6.92 Å². The van der Waals surface area contributed by atoms with Crippen molar-refractivity contribution in [2.24, 2.45) is 5.73 Å². The minimum atomic E-state index is -0.0770. The van der Waals surface area contributed by atoms with E-state index < -0.39 is 0 Å².